The zero-order chi connectivity index (χ0) is 19.2. The molecule has 0 spiro atoms. The summed E-state index contributed by atoms with van der Waals surface area (Å²) in [5.74, 6) is -0.359. The predicted molar refractivity (Wildman–Crippen MR) is 103 cm³/mol. The molecule has 0 amide bonds. The molecule has 0 radical (unpaired) electrons. The summed E-state index contributed by atoms with van der Waals surface area (Å²) in [4.78, 5) is 24.6. The number of rotatable bonds is 5. The van der Waals surface area contributed by atoms with E-state index in [2.05, 4.69) is 5.32 Å². The van der Waals surface area contributed by atoms with Gasteiger partial charge in [0.2, 0.25) is 0 Å². The topological polar surface area (TPSA) is 90.6 Å². The Kier molecular flexibility index (Phi) is 5.37. The zero-order valence-electron chi connectivity index (χ0n) is 14.6. The first kappa shape index (κ1) is 18.0. The molecule has 3 aromatic rings. The van der Waals surface area contributed by atoms with Gasteiger partial charge in [-0.3, -0.25) is 0 Å². The van der Waals surface area contributed by atoms with Crippen molar-refractivity contribution >= 4 is 23.3 Å². The average molecular weight is 362 g/mol. The summed E-state index contributed by atoms with van der Waals surface area (Å²) in [6.07, 6.45) is 0. The smallest absolute Gasteiger partial charge is 0.343 e. The molecule has 0 bridgehead atoms. The van der Waals surface area contributed by atoms with E-state index in [1.165, 1.54) is 6.07 Å². The molecule has 0 unspecified atom stereocenters. The number of benzene rings is 3. The maximum Gasteiger partial charge on any atom is 0.343 e. The highest BCUT2D eigenvalue weighted by molar-refractivity contribution is 5.96. The number of hydrogen-bond acceptors (Lipinski definition) is 6. The van der Waals surface area contributed by atoms with Gasteiger partial charge in [-0.2, -0.15) is 0 Å². The highest BCUT2D eigenvalue weighted by Gasteiger charge is 2.14. The van der Waals surface area contributed by atoms with E-state index < -0.39 is 11.9 Å². The Morgan fingerprint density at radius 1 is 0.778 bits per heavy atom. The lowest BCUT2D eigenvalue weighted by molar-refractivity contribution is 0.0734. The van der Waals surface area contributed by atoms with Gasteiger partial charge in [0.1, 0.15) is 11.5 Å². The van der Waals surface area contributed by atoms with Crippen molar-refractivity contribution in [1.29, 1.82) is 0 Å². The van der Waals surface area contributed by atoms with Crippen molar-refractivity contribution < 1.29 is 19.1 Å². The van der Waals surface area contributed by atoms with E-state index in [0.717, 1.165) is 5.69 Å². The van der Waals surface area contributed by atoms with Crippen LogP contribution < -0.4 is 20.5 Å². The fraction of sp³-hybridized carbons (Fsp3) is 0.0476. The van der Waals surface area contributed by atoms with Crippen LogP contribution in [0.3, 0.4) is 0 Å². The van der Waals surface area contributed by atoms with Gasteiger partial charge in [0.15, 0.2) is 0 Å². The van der Waals surface area contributed by atoms with Crippen molar-refractivity contribution in [2.75, 3.05) is 18.1 Å². The van der Waals surface area contributed by atoms with Gasteiger partial charge >= 0.3 is 11.9 Å². The second-order valence-corrected chi connectivity index (χ2v) is 5.70. The third-order valence-corrected chi connectivity index (χ3v) is 3.78. The van der Waals surface area contributed by atoms with Crippen LogP contribution in [0.5, 0.6) is 11.5 Å². The monoisotopic (exact) mass is 362 g/mol. The third kappa shape index (κ3) is 4.64. The van der Waals surface area contributed by atoms with E-state index in [4.69, 9.17) is 15.2 Å². The van der Waals surface area contributed by atoms with Crippen LogP contribution in [0.2, 0.25) is 0 Å². The number of esters is 2. The number of carbonyl (C=O) groups excluding carboxylic acids is 2. The number of carbonyl (C=O) groups is 2. The molecule has 6 heteroatoms. The number of anilines is 2. The van der Waals surface area contributed by atoms with Crippen LogP contribution in [-0.2, 0) is 0 Å². The second-order valence-electron chi connectivity index (χ2n) is 5.70. The summed E-state index contributed by atoms with van der Waals surface area (Å²) < 4.78 is 10.6. The number of nitrogen functional groups attached to an aromatic ring is 1. The summed E-state index contributed by atoms with van der Waals surface area (Å²) in [6, 6.07) is 19.6. The Balaban J connectivity index is 1.70. The Hall–Kier alpha value is -3.80. The van der Waals surface area contributed by atoms with E-state index in [-0.39, 0.29) is 11.1 Å². The average Bonchev–Trinajstić information content (AvgIpc) is 2.70. The zero-order valence-corrected chi connectivity index (χ0v) is 14.6. The molecule has 3 aromatic carbocycles. The van der Waals surface area contributed by atoms with Gasteiger partial charge in [-0.05, 0) is 66.7 Å². The maximum absolute atomic E-state index is 12.3. The SMILES string of the molecule is CNc1ccc(OC(=O)c2cccc(C(=O)Oc3ccc(N)cc3)c2)cc1. The molecule has 0 saturated heterocycles. The molecule has 0 heterocycles. The summed E-state index contributed by atoms with van der Waals surface area (Å²) in [5, 5.41) is 2.98. The van der Waals surface area contributed by atoms with Crippen LogP contribution in [0.15, 0.2) is 72.8 Å². The number of hydrogen-bond donors (Lipinski definition) is 2. The van der Waals surface area contributed by atoms with Crippen molar-refractivity contribution in [3.8, 4) is 11.5 Å². The van der Waals surface area contributed by atoms with E-state index in [0.29, 0.717) is 17.2 Å². The lowest BCUT2D eigenvalue weighted by Crippen LogP contribution is -2.12. The Morgan fingerprint density at radius 2 is 1.26 bits per heavy atom. The Bertz CT molecular complexity index is 951. The standard InChI is InChI=1S/C21H18N2O4/c1-23-17-7-11-19(12-8-17)27-21(25)15-4-2-3-14(13-15)20(24)26-18-9-5-16(22)6-10-18/h2-13,23H,22H2,1H3. The minimum atomic E-state index is -0.576. The predicted octanol–water partition coefficient (Wildman–Crippen LogP) is 3.75. The minimum Gasteiger partial charge on any atom is -0.423 e. The van der Waals surface area contributed by atoms with Crippen molar-refractivity contribution in [3.05, 3.63) is 83.9 Å². The van der Waals surface area contributed by atoms with Gasteiger partial charge in [-0.1, -0.05) is 6.07 Å². The fourth-order valence-corrected chi connectivity index (χ4v) is 2.33. The third-order valence-electron chi connectivity index (χ3n) is 3.78. The molecule has 0 atom stereocenters. The summed E-state index contributed by atoms with van der Waals surface area (Å²) >= 11 is 0. The molecular weight excluding hydrogens is 344 g/mol. The molecule has 0 saturated carbocycles. The lowest BCUT2D eigenvalue weighted by atomic mass is 10.1. The number of nitrogens with two attached hydrogens (primary N) is 1. The highest BCUT2D eigenvalue weighted by atomic mass is 16.5. The van der Waals surface area contributed by atoms with Crippen molar-refractivity contribution in [2.45, 2.75) is 0 Å². The molecule has 0 aliphatic heterocycles. The first-order chi connectivity index (χ1) is 13.0. The van der Waals surface area contributed by atoms with Gasteiger partial charge in [0.25, 0.3) is 0 Å². The van der Waals surface area contributed by atoms with Crippen LogP contribution in [0.4, 0.5) is 11.4 Å². The summed E-state index contributed by atoms with van der Waals surface area (Å²) in [6.45, 7) is 0. The first-order valence-electron chi connectivity index (χ1n) is 8.23. The van der Waals surface area contributed by atoms with E-state index in [1.807, 2.05) is 0 Å². The van der Waals surface area contributed by atoms with Crippen LogP contribution in [0.25, 0.3) is 0 Å². The molecule has 3 N–H and O–H groups in total. The largest absolute Gasteiger partial charge is 0.423 e. The molecule has 0 aliphatic rings. The molecular formula is C21H18N2O4. The van der Waals surface area contributed by atoms with Crippen LogP contribution in [-0.4, -0.2) is 19.0 Å². The quantitative estimate of drug-likeness (QED) is 0.408. The van der Waals surface area contributed by atoms with Crippen molar-refractivity contribution in [2.24, 2.45) is 0 Å². The number of nitrogens with one attached hydrogen (secondary N) is 1. The highest BCUT2D eigenvalue weighted by Crippen LogP contribution is 2.18. The summed E-state index contributed by atoms with van der Waals surface area (Å²) in [5.41, 5.74) is 7.57. The Labute approximate surface area is 156 Å². The van der Waals surface area contributed by atoms with Crippen molar-refractivity contribution in [1.82, 2.24) is 0 Å². The van der Waals surface area contributed by atoms with Crippen LogP contribution in [0, 0.1) is 0 Å². The summed E-state index contributed by atoms with van der Waals surface area (Å²) in [7, 11) is 1.80. The Morgan fingerprint density at radius 3 is 1.74 bits per heavy atom. The van der Waals surface area contributed by atoms with E-state index in [9.17, 15) is 9.59 Å². The minimum absolute atomic E-state index is 0.242. The molecule has 6 nitrogen and oxygen atoms in total. The van der Waals surface area contributed by atoms with Crippen LogP contribution >= 0.6 is 0 Å². The first-order valence-corrected chi connectivity index (χ1v) is 8.23. The molecule has 27 heavy (non-hydrogen) atoms. The second kappa shape index (κ2) is 8.05. The van der Waals surface area contributed by atoms with Gasteiger partial charge in [0.05, 0.1) is 11.1 Å². The fourth-order valence-electron chi connectivity index (χ4n) is 2.33. The molecule has 0 aromatic heterocycles. The van der Waals surface area contributed by atoms with Gasteiger partial charge < -0.3 is 20.5 Å². The molecule has 3 rings (SSSR count). The van der Waals surface area contributed by atoms with Gasteiger partial charge in [0, 0.05) is 18.4 Å². The van der Waals surface area contributed by atoms with Gasteiger partial charge in [-0.25, -0.2) is 9.59 Å². The molecule has 0 aliphatic carbocycles. The van der Waals surface area contributed by atoms with Crippen molar-refractivity contribution in [3.63, 3.8) is 0 Å². The van der Waals surface area contributed by atoms with E-state index in [1.54, 1.807) is 73.8 Å². The van der Waals surface area contributed by atoms with Gasteiger partial charge in [-0.15, -0.1) is 0 Å². The molecule has 136 valence electrons. The number of ether oxygens (including phenoxy) is 2. The maximum atomic E-state index is 12.3. The molecule has 0 fully saturated rings. The normalized spacial score (nSPS) is 10.1. The van der Waals surface area contributed by atoms with Crippen LogP contribution in [0.1, 0.15) is 20.7 Å². The lowest BCUT2D eigenvalue weighted by Gasteiger charge is -2.08. The van der Waals surface area contributed by atoms with E-state index >= 15 is 0 Å².